The molecule has 1 atom stereocenters. The summed E-state index contributed by atoms with van der Waals surface area (Å²) in [6, 6.07) is 8.61. The van der Waals surface area contributed by atoms with E-state index in [-0.39, 0.29) is 17.1 Å². The maximum absolute atomic E-state index is 12.4. The second kappa shape index (κ2) is 8.28. The Morgan fingerprint density at radius 3 is 2.25 bits per heavy atom. The zero-order valence-corrected chi connectivity index (χ0v) is 16.3. The highest BCUT2D eigenvalue weighted by molar-refractivity contribution is 7.84. The van der Waals surface area contributed by atoms with Crippen molar-refractivity contribution in [2.45, 2.75) is 70.1 Å². The predicted molar refractivity (Wildman–Crippen MR) is 101 cm³/mol. The highest BCUT2D eigenvalue weighted by atomic mass is 32.2. The second-order valence-corrected chi connectivity index (χ2v) is 9.43. The summed E-state index contributed by atoms with van der Waals surface area (Å²) in [5.74, 6) is 0.606. The van der Waals surface area contributed by atoms with Gasteiger partial charge < -0.3 is 4.90 Å². The van der Waals surface area contributed by atoms with Gasteiger partial charge in [0.15, 0.2) is 0 Å². The molecule has 24 heavy (non-hydrogen) atoms. The van der Waals surface area contributed by atoms with Gasteiger partial charge in [-0.25, -0.2) is 0 Å². The molecule has 1 fully saturated rings. The lowest BCUT2D eigenvalue weighted by molar-refractivity contribution is -0.129. The molecule has 0 radical (unpaired) electrons. The molecule has 1 aromatic rings. The molecule has 2 rings (SSSR count). The van der Waals surface area contributed by atoms with E-state index in [4.69, 9.17) is 0 Å². The zero-order chi connectivity index (χ0) is 17.7. The van der Waals surface area contributed by atoms with Crippen molar-refractivity contribution in [3.05, 3.63) is 35.4 Å². The van der Waals surface area contributed by atoms with Gasteiger partial charge in [0.05, 0.1) is 0 Å². The van der Waals surface area contributed by atoms with Crippen LogP contribution in [0.5, 0.6) is 0 Å². The Labute approximate surface area is 149 Å². The summed E-state index contributed by atoms with van der Waals surface area (Å²) in [6.07, 6.45) is 5.85. The minimum atomic E-state index is -1.15. The smallest absolute Gasteiger partial charge is 0.235 e. The van der Waals surface area contributed by atoms with E-state index in [1.54, 1.807) is 0 Å². The van der Waals surface area contributed by atoms with Gasteiger partial charge >= 0.3 is 0 Å². The molecule has 134 valence electrons. The number of amides is 1. The van der Waals surface area contributed by atoms with Crippen LogP contribution in [0.15, 0.2) is 24.3 Å². The molecule has 0 spiro atoms. The number of hydrogen-bond donors (Lipinski definition) is 0. The molecule has 1 aliphatic carbocycles. The van der Waals surface area contributed by atoms with Crippen molar-refractivity contribution >= 4 is 16.7 Å². The van der Waals surface area contributed by atoms with Crippen LogP contribution in [0, 0.1) is 0 Å². The fourth-order valence-corrected chi connectivity index (χ4v) is 4.39. The van der Waals surface area contributed by atoms with Crippen molar-refractivity contribution in [1.82, 2.24) is 4.90 Å². The summed E-state index contributed by atoms with van der Waals surface area (Å²) in [5, 5.41) is 0. The average Bonchev–Trinajstić information content (AvgIpc) is 2.54. The van der Waals surface area contributed by atoms with Gasteiger partial charge in [-0.05, 0) is 29.4 Å². The molecule has 3 nitrogen and oxygen atoms in total. The molecule has 1 saturated carbocycles. The zero-order valence-electron chi connectivity index (χ0n) is 15.5. The first-order valence-corrected chi connectivity index (χ1v) is 10.5. The molecule has 0 bridgehead atoms. The van der Waals surface area contributed by atoms with E-state index in [1.807, 2.05) is 24.1 Å². The van der Waals surface area contributed by atoms with Crippen LogP contribution < -0.4 is 0 Å². The normalized spacial score (nSPS) is 17.5. The lowest BCUT2D eigenvalue weighted by Gasteiger charge is -2.31. The Morgan fingerprint density at radius 2 is 1.71 bits per heavy atom. The standard InChI is InChI=1S/C20H31NO2S/c1-20(2,3)17-12-10-16(11-13-17)14-24(23)15-19(22)21(4)18-8-6-5-7-9-18/h10-13,18H,5-9,14-15H2,1-4H3. The number of benzene rings is 1. The molecule has 0 aliphatic heterocycles. The van der Waals surface area contributed by atoms with E-state index < -0.39 is 10.8 Å². The number of carbonyl (C=O) groups is 1. The highest BCUT2D eigenvalue weighted by Gasteiger charge is 2.23. The third kappa shape index (κ3) is 5.44. The molecule has 1 aliphatic rings. The van der Waals surface area contributed by atoms with Gasteiger partial charge in [0.2, 0.25) is 5.91 Å². The second-order valence-electron chi connectivity index (χ2n) is 7.97. The summed E-state index contributed by atoms with van der Waals surface area (Å²) in [4.78, 5) is 14.2. The Morgan fingerprint density at radius 1 is 1.12 bits per heavy atom. The van der Waals surface area contributed by atoms with Gasteiger partial charge in [0, 0.05) is 29.6 Å². The van der Waals surface area contributed by atoms with Crippen molar-refractivity contribution in [1.29, 1.82) is 0 Å². The Hall–Kier alpha value is -1.16. The molecule has 1 unspecified atom stereocenters. The average molecular weight is 350 g/mol. The predicted octanol–water partition coefficient (Wildman–Crippen LogP) is 4.02. The van der Waals surface area contributed by atoms with Crippen molar-refractivity contribution < 1.29 is 9.00 Å². The Balaban J connectivity index is 1.87. The lowest BCUT2D eigenvalue weighted by atomic mass is 9.87. The van der Waals surface area contributed by atoms with Crippen molar-refractivity contribution in [3.63, 3.8) is 0 Å². The largest absolute Gasteiger partial charge is 0.342 e. The van der Waals surface area contributed by atoms with Crippen LogP contribution in [0.25, 0.3) is 0 Å². The minimum absolute atomic E-state index is 0.0199. The number of rotatable bonds is 5. The van der Waals surface area contributed by atoms with Gasteiger partial charge in [0.1, 0.15) is 5.75 Å². The lowest BCUT2D eigenvalue weighted by Crippen LogP contribution is -2.40. The van der Waals surface area contributed by atoms with E-state index in [0.29, 0.717) is 11.8 Å². The van der Waals surface area contributed by atoms with Crippen LogP contribution >= 0.6 is 0 Å². The third-order valence-corrected chi connectivity index (χ3v) is 6.17. The molecule has 0 N–H and O–H groups in total. The fourth-order valence-electron chi connectivity index (χ4n) is 3.25. The van der Waals surface area contributed by atoms with E-state index in [9.17, 15) is 9.00 Å². The Kier molecular flexibility index (Phi) is 6.62. The molecule has 0 saturated heterocycles. The van der Waals surface area contributed by atoms with Crippen LogP contribution in [0.1, 0.15) is 64.0 Å². The third-order valence-electron chi connectivity index (χ3n) is 4.95. The SMILES string of the molecule is CN(C(=O)CS(=O)Cc1ccc(C(C)(C)C)cc1)C1CCCCC1. The number of carbonyl (C=O) groups excluding carboxylic acids is 1. The summed E-state index contributed by atoms with van der Waals surface area (Å²) < 4.78 is 12.4. The van der Waals surface area contributed by atoms with Crippen LogP contribution in [0.2, 0.25) is 0 Å². The first-order valence-electron chi connectivity index (χ1n) is 8.97. The first-order chi connectivity index (χ1) is 11.3. The van der Waals surface area contributed by atoms with Crippen molar-refractivity contribution in [3.8, 4) is 0 Å². The van der Waals surface area contributed by atoms with Crippen LogP contribution in [0.4, 0.5) is 0 Å². The quantitative estimate of drug-likeness (QED) is 0.805. The molecule has 4 heteroatoms. The topological polar surface area (TPSA) is 37.4 Å². The molecule has 0 heterocycles. The molecular formula is C20H31NO2S. The number of nitrogens with zero attached hydrogens (tertiary/aromatic N) is 1. The van der Waals surface area contributed by atoms with Gasteiger partial charge in [-0.3, -0.25) is 9.00 Å². The maximum atomic E-state index is 12.4. The van der Waals surface area contributed by atoms with Crippen LogP contribution in [-0.2, 0) is 26.8 Å². The fraction of sp³-hybridized carbons (Fsp3) is 0.650. The van der Waals surface area contributed by atoms with Gasteiger partial charge in [-0.2, -0.15) is 0 Å². The van der Waals surface area contributed by atoms with E-state index >= 15 is 0 Å². The molecule has 1 amide bonds. The monoisotopic (exact) mass is 349 g/mol. The number of hydrogen-bond acceptors (Lipinski definition) is 2. The maximum Gasteiger partial charge on any atom is 0.235 e. The molecular weight excluding hydrogens is 318 g/mol. The van der Waals surface area contributed by atoms with Gasteiger partial charge in [-0.1, -0.05) is 64.3 Å². The van der Waals surface area contributed by atoms with Crippen LogP contribution in [0.3, 0.4) is 0 Å². The molecule has 1 aromatic carbocycles. The summed E-state index contributed by atoms with van der Waals surface area (Å²) in [6.45, 7) is 6.54. The summed E-state index contributed by atoms with van der Waals surface area (Å²) in [7, 11) is 0.724. The summed E-state index contributed by atoms with van der Waals surface area (Å²) >= 11 is 0. The Bertz CT molecular complexity index is 568. The van der Waals surface area contributed by atoms with E-state index in [2.05, 4.69) is 32.9 Å². The van der Waals surface area contributed by atoms with Crippen molar-refractivity contribution in [2.24, 2.45) is 0 Å². The van der Waals surface area contributed by atoms with E-state index in [0.717, 1.165) is 18.4 Å². The van der Waals surface area contributed by atoms with Gasteiger partial charge in [-0.15, -0.1) is 0 Å². The first kappa shape index (κ1) is 19.2. The summed E-state index contributed by atoms with van der Waals surface area (Å²) in [5.41, 5.74) is 2.43. The van der Waals surface area contributed by atoms with Crippen molar-refractivity contribution in [2.75, 3.05) is 12.8 Å². The van der Waals surface area contributed by atoms with Crippen LogP contribution in [-0.4, -0.2) is 33.9 Å². The molecule has 0 aromatic heterocycles. The highest BCUT2D eigenvalue weighted by Crippen LogP contribution is 2.23. The van der Waals surface area contributed by atoms with Gasteiger partial charge in [0.25, 0.3) is 0 Å². The van der Waals surface area contributed by atoms with E-state index in [1.165, 1.54) is 24.8 Å². The minimum Gasteiger partial charge on any atom is -0.342 e.